The highest BCUT2D eigenvalue weighted by molar-refractivity contribution is 6.31. The van der Waals surface area contributed by atoms with E-state index in [4.69, 9.17) is 35.3 Å². The first-order chi connectivity index (χ1) is 17.4. The molecule has 188 valence electrons. The fourth-order valence-corrected chi connectivity index (χ4v) is 3.74. The summed E-state index contributed by atoms with van der Waals surface area (Å²) in [5.41, 5.74) is 2.71. The number of ketones is 1. The summed E-state index contributed by atoms with van der Waals surface area (Å²) in [6.45, 7) is 0. The molecule has 3 aromatic rings. The van der Waals surface area contributed by atoms with Crippen molar-refractivity contribution in [1.29, 1.82) is 0 Å². The standard InChI is InChI=1S/C28H28ClNO6/c1-32-24-14-18(9-10-19-15-25(33-2)28(36-5)26(16-19)34-3)13-22(27(24)35-4)30-12-11-23(31)20-7-6-8-21(29)17-20/h6-10,12-17H,11H2,1-5H3/b10-9-,30-12?. The molecule has 0 fully saturated rings. The normalized spacial score (nSPS) is 11.1. The maximum Gasteiger partial charge on any atom is 0.203 e. The summed E-state index contributed by atoms with van der Waals surface area (Å²) in [4.78, 5) is 17.0. The summed E-state index contributed by atoms with van der Waals surface area (Å²) in [7, 11) is 7.80. The first kappa shape index (κ1) is 26.6. The van der Waals surface area contributed by atoms with E-state index in [2.05, 4.69) is 4.99 Å². The topological polar surface area (TPSA) is 75.6 Å². The van der Waals surface area contributed by atoms with Gasteiger partial charge in [-0.1, -0.05) is 35.9 Å². The molecule has 0 aliphatic heterocycles. The number of halogens is 1. The number of hydrogen-bond donors (Lipinski definition) is 0. The molecule has 0 aliphatic rings. The maximum atomic E-state index is 12.5. The zero-order valence-corrected chi connectivity index (χ0v) is 21.6. The van der Waals surface area contributed by atoms with Crippen molar-refractivity contribution in [2.75, 3.05) is 35.5 Å². The molecule has 3 rings (SSSR count). The molecule has 0 radical (unpaired) electrons. The Kier molecular flexibility index (Phi) is 9.36. The van der Waals surface area contributed by atoms with Crippen molar-refractivity contribution in [3.05, 3.63) is 70.2 Å². The Morgan fingerprint density at radius 1 is 0.778 bits per heavy atom. The molecule has 0 saturated carbocycles. The van der Waals surface area contributed by atoms with Gasteiger partial charge < -0.3 is 23.7 Å². The van der Waals surface area contributed by atoms with Crippen LogP contribution >= 0.6 is 11.6 Å². The minimum Gasteiger partial charge on any atom is -0.493 e. The van der Waals surface area contributed by atoms with Gasteiger partial charge >= 0.3 is 0 Å². The number of hydrogen-bond acceptors (Lipinski definition) is 7. The van der Waals surface area contributed by atoms with E-state index >= 15 is 0 Å². The van der Waals surface area contributed by atoms with Crippen LogP contribution in [0.5, 0.6) is 28.7 Å². The van der Waals surface area contributed by atoms with Crippen LogP contribution in [0.2, 0.25) is 5.02 Å². The van der Waals surface area contributed by atoms with Crippen molar-refractivity contribution < 1.29 is 28.5 Å². The quantitative estimate of drug-likeness (QED) is 0.166. The molecule has 0 N–H and O–H groups in total. The fraction of sp³-hybridized carbons (Fsp3) is 0.214. The summed E-state index contributed by atoms with van der Waals surface area (Å²) in [6, 6.07) is 14.2. The number of rotatable bonds is 11. The van der Waals surface area contributed by atoms with E-state index in [9.17, 15) is 4.79 Å². The lowest BCUT2D eigenvalue weighted by Crippen LogP contribution is -1.99. The Labute approximate surface area is 215 Å². The van der Waals surface area contributed by atoms with Crippen LogP contribution in [0, 0.1) is 0 Å². The van der Waals surface area contributed by atoms with E-state index in [1.165, 1.54) is 0 Å². The Bertz CT molecular complexity index is 1260. The van der Waals surface area contributed by atoms with Crippen LogP contribution in [0.15, 0.2) is 53.5 Å². The molecule has 0 aromatic heterocycles. The van der Waals surface area contributed by atoms with Crippen LogP contribution < -0.4 is 23.7 Å². The summed E-state index contributed by atoms with van der Waals surface area (Å²) >= 11 is 5.99. The highest BCUT2D eigenvalue weighted by Gasteiger charge is 2.14. The van der Waals surface area contributed by atoms with Gasteiger partial charge in [-0.25, -0.2) is 0 Å². The average Bonchev–Trinajstić information content (AvgIpc) is 2.90. The van der Waals surface area contributed by atoms with E-state index < -0.39 is 0 Å². The van der Waals surface area contributed by atoms with Crippen LogP contribution in [0.1, 0.15) is 27.9 Å². The van der Waals surface area contributed by atoms with Crippen LogP contribution in [-0.2, 0) is 0 Å². The van der Waals surface area contributed by atoms with Crippen LogP contribution in [0.4, 0.5) is 5.69 Å². The summed E-state index contributed by atoms with van der Waals surface area (Å²) < 4.78 is 27.3. The zero-order chi connectivity index (χ0) is 26.1. The molecule has 36 heavy (non-hydrogen) atoms. The van der Waals surface area contributed by atoms with Gasteiger partial charge in [0.1, 0.15) is 5.69 Å². The first-order valence-corrected chi connectivity index (χ1v) is 11.4. The second kappa shape index (κ2) is 12.7. The van der Waals surface area contributed by atoms with E-state index in [-0.39, 0.29) is 12.2 Å². The van der Waals surface area contributed by atoms with Gasteiger partial charge in [-0.2, -0.15) is 0 Å². The van der Waals surface area contributed by atoms with Crippen molar-refractivity contribution in [3.8, 4) is 28.7 Å². The highest BCUT2D eigenvalue weighted by Crippen LogP contribution is 2.40. The van der Waals surface area contributed by atoms with Crippen molar-refractivity contribution in [2.24, 2.45) is 4.99 Å². The van der Waals surface area contributed by atoms with Crippen molar-refractivity contribution in [3.63, 3.8) is 0 Å². The molecule has 0 unspecified atom stereocenters. The van der Waals surface area contributed by atoms with E-state index in [0.717, 1.165) is 11.1 Å². The molecular weight excluding hydrogens is 482 g/mol. The van der Waals surface area contributed by atoms with Gasteiger partial charge in [-0.15, -0.1) is 0 Å². The number of ether oxygens (including phenoxy) is 5. The largest absolute Gasteiger partial charge is 0.493 e. The minimum atomic E-state index is -0.0920. The first-order valence-electron chi connectivity index (χ1n) is 11.0. The molecule has 8 heteroatoms. The number of benzene rings is 3. The van der Waals surface area contributed by atoms with Gasteiger partial charge in [0.25, 0.3) is 0 Å². The van der Waals surface area contributed by atoms with Crippen molar-refractivity contribution in [1.82, 2.24) is 0 Å². The fourth-order valence-electron chi connectivity index (χ4n) is 3.55. The summed E-state index contributed by atoms with van der Waals surface area (Å²) in [5, 5.41) is 0.510. The van der Waals surface area contributed by atoms with Crippen molar-refractivity contribution >= 4 is 41.4 Å². The van der Waals surface area contributed by atoms with Gasteiger partial charge in [-0.3, -0.25) is 9.79 Å². The summed E-state index contributed by atoms with van der Waals surface area (Å²) in [6.07, 6.45) is 5.46. The smallest absolute Gasteiger partial charge is 0.203 e. The number of methoxy groups -OCH3 is 5. The monoisotopic (exact) mass is 509 g/mol. The van der Waals surface area contributed by atoms with Crippen LogP contribution in [0.3, 0.4) is 0 Å². The second-order valence-corrected chi connectivity index (χ2v) is 7.95. The molecule has 0 heterocycles. The molecule has 0 atom stereocenters. The lowest BCUT2D eigenvalue weighted by Gasteiger charge is -2.13. The molecule has 0 aliphatic carbocycles. The third-order valence-corrected chi connectivity index (χ3v) is 5.53. The van der Waals surface area contributed by atoms with Gasteiger partial charge in [0.15, 0.2) is 28.8 Å². The Morgan fingerprint density at radius 2 is 1.33 bits per heavy atom. The van der Waals surface area contributed by atoms with Gasteiger partial charge in [0.05, 0.1) is 35.5 Å². The number of carbonyl (C=O) groups is 1. The summed E-state index contributed by atoms with van der Waals surface area (Å²) in [5.74, 6) is 2.52. The van der Waals surface area contributed by atoms with Gasteiger partial charge in [0.2, 0.25) is 5.75 Å². The zero-order valence-electron chi connectivity index (χ0n) is 20.8. The molecule has 0 amide bonds. The lowest BCUT2D eigenvalue weighted by atomic mass is 10.1. The molecular formula is C28H28ClNO6. The minimum absolute atomic E-state index is 0.0920. The third kappa shape index (κ3) is 6.37. The average molecular weight is 510 g/mol. The van der Waals surface area contributed by atoms with Crippen LogP contribution in [-0.4, -0.2) is 47.5 Å². The Balaban J connectivity index is 1.90. The predicted molar refractivity (Wildman–Crippen MR) is 143 cm³/mol. The van der Waals surface area contributed by atoms with Gasteiger partial charge in [-0.05, 0) is 47.5 Å². The Hall–Kier alpha value is -3.97. The molecule has 0 spiro atoms. The SMILES string of the molecule is COc1cc(/C=C\c2cc(OC)c(OC)c(OC)c2)cc(N=CCC(=O)c2cccc(Cl)c2)c1OC. The number of aliphatic imine (C=N–C) groups is 1. The van der Waals surface area contributed by atoms with E-state index in [0.29, 0.717) is 45.0 Å². The van der Waals surface area contributed by atoms with E-state index in [1.807, 2.05) is 36.4 Å². The van der Waals surface area contributed by atoms with Crippen LogP contribution in [0.25, 0.3) is 12.2 Å². The Morgan fingerprint density at radius 3 is 1.86 bits per heavy atom. The van der Waals surface area contributed by atoms with E-state index in [1.54, 1.807) is 66.0 Å². The second-order valence-electron chi connectivity index (χ2n) is 7.52. The molecule has 3 aromatic carbocycles. The third-order valence-electron chi connectivity index (χ3n) is 5.29. The van der Waals surface area contributed by atoms with Crippen molar-refractivity contribution in [2.45, 2.75) is 6.42 Å². The molecule has 0 bridgehead atoms. The number of Topliss-reactive ketones (excluding diaryl/α,β-unsaturated/α-hetero) is 1. The molecule has 7 nitrogen and oxygen atoms in total. The lowest BCUT2D eigenvalue weighted by molar-refractivity contribution is 0.100. The maximum absolute atomic E-state index is 12.5. The number of carbonyl (C=O) groups excluding carboxylic acids is 1. The predicted octanol–water partition coefficient (Wildman–Crippen LogP) is 6.53. The number of nitrogens with zero attached hydrogens (tertiary/aromatic N) is 1. The van der Waals surface area contributed by atoms with Gasteiger partial charge in [0, 0.05) is 23.2 Å². The highest BCUT2D eigenvalue weighted by atomic mass is 35.5. The molecule has 0 saturated heterocycles.